The van der Waals surface area contributed by atoms with Gasteiger partial charge in [-0.1, -0.05) is 29.3 Å². The van der Waals surface area contributed by atoms with Crippen LogP contribution in [0.15, 0.2) is 65.6 Å². The molecule has 0 spiro atoms. The SMILES string of the molecule is Cc1cc(C)cc(CNc2ccc(S(=O)(=O)N3c4ccc(F)cc4C(CC(=O)O)C3C)cc2)c1. The molecular weight excluding hydrogens is 455 g/mol. The van der Waals surface area contributed by atoms with Crippen LogP contribution in [-0.2, 0) is 21.4 Å². The van der Waals surface area contributed by atoms with E-state index in [0.29, 0.717) is 17.8 Å². The third-order valence-electron chi connectivity index (χ3n) is 6.16. The van der Waals surface area contributed by atoms with Gasteiger partial charge in [-0.2, -0.15) is 0 Å². The first-order valence-electron chi connectivity index (χ1n) is 11.0. The summed E-state index contributed by atoms with van der Waals surface area (Å²) in [6.45, 7) is 6.35. The number of nitrogens with one attached hydrogen (secondary N) is 1. The second-order valence-electron chi connectivity index (χ2n) is 8.82. The van der Waals surface area contributed by atoms with Crippen molar-refractivity contribution in [3.8, 4) is 0 Å². The Morgan fingerprint density at radius 3 is 2.29 bits per heavy atom. The summed E-state index contributed by atoms with van der Waals surface area (Å²) >= 11 is 0. The van der Waals surface area contributed by atoms with Crippen molar-refractivity contribution in [3.05, 3.63) is 88.7 Å². The van der Waals surface area contributed by atoms with Crippen LogP contribution in [0.2, 0.25) is 0 Å². The number of carbonyl (C=O) groups is 1. The first-order chi connectivity index (χ1) is 16.1. The Hall–Kier alpha value is -3.39. The van der Waals surface area contributed by atoms with Gasteiger partial charge in [0.05, 0.1) is 23.0 Å². The second kappa shape index (κ2) is 9.10. The Labute approximate surface area is 199 Å². The maximum Gasteiger partial charge on any atom is 0.304 e. The Balaban J connectivity index is 1.59. The van der Waals surface area contributed by atoms with Gasteiger partial charge in [0.15, 0.2) is 0 Å². The molecule has 0 saturated carbocycles. The highest BCUT2D eigenvalue weighted by Crippen LogP contribution is 2.45. The van der Waals surface area contributed by atoms with Crippen LogP contribution in [0, 0.1) is 19.7 Å². The molecule has 3 aromatic carbocycles. The quantitative estimate of drug-likeness (QED) is 0.483. The Bertz CT molecular complexity index is 1320. The third-order valence-corrected chi connectivity index (χ3v) is 8.08. The molecule has 1 aliphatic heterocycles. The van der Waals surface area contributed by atoms with Gasteiger partial charge < -0.3 is 10.4 Å². The predicted molar refractivity (Wildman–Crippen MR) is 130 cm³/mol. The van der Waals surface area contributed by atoms with E-state index < -0.39 is 33.8 Å². The normalized spacial score (nSPS) is 17.5. The summed E-state index contributed by atoms with van der Waals surface area (Å²) in [5.41, 5.74) is 4.98. The lowest BCUT2D eigenvalue weighted by Gasteiger charge is -2.26. The van der Waals surface area contributed by atoms with Crippen molar-refractivity contribution in [2.24, 2.45) is 0 Å². The average Bonchev–Trinajstić information content (AvgIpc) is 3.03. The van der Waals surface area contributed by atoms with Gasteiger partial charge in [0, 0.05) is 18.2 Å². The van der Waals surface area contributed by atoms with Crippen molar-refractivity contribution >= 4 is 27.4 Å². The average molecular weight is 483 g/mol. The number of aliphatic carboxylic acids is 1. The molecule has 0 fully saturated rings. The molecule has 178 valence electrons. The Kier molecular flexibility index (Phi) is 6.36. The van der Waals surface area contributed by atoms with Gasteiger partial charge in [-0.25, -0.2) is 12.8 Å². The molecule has 1 heterocycles. The van der Waals surface area contributed by atoms with E-state index in [2.05, 4.69) is 23.5 Å². The lowest BCUT2D eigenvalue weighted by Crippen LogP contribution is -2.37. The number of sulfonamides is 1. The molecule has 8 heteroatoms. The summed E-state index contributed by atoms with van der Waals surface area (Å²) in [6, 6.07) is 15.9. The zero-order valence-corrected chi connectivity index (χ0v) is 20.1. The van der Waals surface area contributed by atoms with Crippen LogP contribution >= 0.6 is 0 Å². The van der Waals surface area contributed by atoms with E-state index >= 15 is 0 Å². The molecule has 2 atom stereocenters. The predicted octanol–water partition coefficient (Wildman–Crippen LogP) is 5.21. The van der Waals surface area contributed by atoms with Gasteiger partial charge >= 0.3 is 5.97 Å². The van der Waals surface area contributed by atoms with Crippen LogP contribution in [0.1, 0.15) is 41.5 Å². The molecule has 3 aromatic rings. The summed E-state index contributed by atoms with van der Waals surface area (Å²) in [4.78, 5) is 11.5. The largest absolute Gasteiger partial charge is 0.481 e. The number of hydrogen-bond donors (Lipinski definition) is 2. The van der Waals surface area contributed by atoms with Crippen molar-refractivity contribution in [2.75, 3.05) is 9.62 Å². The van der Waals surface area contributed by atoms with Gasteiger partial charge in [0.25, 0.3) is 10.0 Å². The first-order valence-corrected chi connectivity index (χ1v) is 12.5. The standard InChI is InChI=1S/C26H27FN2O4S/c1-16-10-17(2)12-19(11-16)15-28-21-5-7-22(8-6-21)34(32,33)29-18(3)23(14-26(30)31)24-13-20(27)4-9-25(24)29/h4-13,18,23,28H,14-15H2,1-3H3,(H,30,31). The summed E-state index contributed by atoms with van der Waals surface area (Å²) in [7, 11) is -3.99. The molecule has 0 radical (unpaired) electrons. The summed E-state index contributed by atoms with van der Waals surface area (Å²) < 4.78 is 42.2. The van der Waals surface area contributed by atoms with Crippen molar-refractivity contribution in [2.45, 2.75) is 50.6 Å². The molecule has 34 heavy (non-hydrogen) atoms. The van der Waals surface area contributed by atoms with Crippen LogP contribution in [0.4, 0.5) is 15.8 Å². The van der Waals surface area contributed by atoms with Crippen molar-refractivity contribution < 1.29 is 22.7 Å². The number of benzene rings is 3. The summed E-state index contributed by atoms with van der Waals surface area (Å²) in [5, 5.41) is 12.6. The zero-order chi connectivity index (χ0) is 24.6. The third kappa shape index (κ3) is 4.63. The number of aryl methyl sites for hydroxylation is 2. The van der Waals surface area contributed by atoms with Crippen LogP contribution in [-0.4, -0.2) is 25.5 Å². The van der Waals surface area contributed by atoms with E-state index in [9.17, 15) is 22.7 Å². The lowest BCUT2D eigenvalue weighted by molar-refractivity contribution is -0.137. The minimum absolute atomic E-state index is 0.0857. The molecule has 0 bridgehead atoms. The first kappa shape index (κ1) is 23.8. The number of rotatable bonds is 7. The van der Waals surface area contributed by atoms with Crippen LogP contribution < -0.4 is 9.62 Å². The van der Waals surface area contributed by atoms with Gasteiger partial charge in [-0.05, 0) is 74.4 Å². The van der Waals surface area contributed by atoms with Crippen molar-refractivity contribution in [1.82, 2.24) is 0 Å². The lowest BCUT2D eigenvalue weighted by atomic mass is 9.93. The minimum atomic E-state index is -3.99. The molecule has 0 amide bonds. The highest BCUT2D eigenvalue weighted by atomic mass is 32.2. The van der Waals surface area contributed by atoms with E-state index in [-0.39, 0.29) is 11.3 Å². The molecular formula is C26H27FN2O4S. The van der Waals surface area contributed by atoms with E-state index in [1.165, 1.54) is 45.8 Å². The molecule has 6 nitrogen and oxygen atoms in total. The fourth-order valence-corrected chi connectivity index (χ4v) is 6.43. The van der Waals surface area contributed by atoms with E-state index in [1.54, 1.807) is 19.1 Å². The topological polar surface area (TPSA) is 86.7 Å². The molecule has 0 aromatic heterocycles. The van der Waals surface area contributed by atoms with Crippen molar-refractivity contribution in [1.29, 1.82) is 0 Å². The van der Waals surface area contributed by atoms with Gasteiger partial charge in [0.2, 0.25) is 0 Å². The van der Waals surface area contributed by atoms with Gasteiger partial charge in [-0.15, -0.1) is 0 Å². The maximum absolute atomic E-state index is 13.9. The number of carboxylic acid groups (broad SMARTS) is 1. The molecule has 0 aliphatic carbocycles. The number of anilines is 2. The monoisotopic (exact) mass is 482 g/mol. The summed E-state index contributed by atoms with van der Waals surface area (Å²) in [6.07, 6.45) is -0.287. The molecule has 2 unspecified atom stereocenters. The smallest absolute Gasteiger partial charge is 0.304 e. The fourth-order valence-electron chi connectivity index (χ4n) is 4.72. The number of nitrogens with zero attached hydrogens (tertiary/aromatic N) is 1. The Morgan fingerprint density at radius 1 is 1.03 bits per heavy atom. The highest BCUT2D eigenvalue weighted by Gasteiger charge is 2.43. The molecule has 0 saturated heterocycles. The van der Waals surface area contributed by atoms with Crippen molar-refractivity contribution in [3.63, 3.8) is 0 Å². The molecule has 1 aliphatic rings. The number of hydrogen-bond acceptors (Lipinski definition) is 4. The van der Waals surface area contributed by atoms with Gasteiger partial charge in [0.1, 0.15) is 5.82 Å². The van der Waals surface area contributed by atoms with Gasteiger partial charge in [-0.3, -0.25) is 9.10 Å². The highest BCUT2D eigenvalue weighted by molar-refractivity contribution is 7.92. The molecule has 4 rings (SSSR count). The minimum Gasteiger partial charge on any atom is -0.481 e. The van der Waals surface area contributed by atoms with E-state index in [0.717, 1.165) is 11.3 Å². The molecule has 2 N–H and O–H groups in total. The maximum atomic E-state index is 13.9. The van der Waals surface area contributed by atoms with E-state index in [4.69, 9.17) is 0 Å². The number of fused-ring (bicyclic) bond motifs is 1. The fraction of sp³-hybridized carbons (Fsp3) is 0.269. The zero-order valence-electron chi connectivity index (χ0n) is 19.2. The Morgan fingerprint density at radius 2 is 1.68 bits per heavy atom. The summed E-state index contributed by atoms with van der Waals surface area (Å²) in [5.74, 6) is -2.23. The van der Waals surface area contributed by atoms with Crippen LogP contribution in [0.25, 0.3) is 0 Å². The van der Waals surface area contributed by atoms with Crippen LogP contribution in [0.3, 0.4) is 0 Å². The second-order valence-corrected chi connectivity index (χ2v) is 10.6. The van der Waals surface area contributed by atoms with Crippen LogP contribution in [0.5, 0.6) is 0 Å². The number of carboxylic acids is 1. The number of halogens is 1. The van der Waals surface area contributed by atoms with E-state index in [1.807, 2.05) is 13.8 Å².